The summed E-state index contributed by atoms with van der Waals surface area (Å²) in [5.74, 6) is 0. The van der Waals surface area contributed by atoms with Crippen molar-refractivity contribution in [2.45, 2.75) is 32.9 Å². The van der Waals surface area contributed by atoms with E-state index < -0.39 is 0 Å². The van der Waals surface area contributed by atoms with Crippen molar-refractivity contribution in [3.63, 3.8) is 0 Å². The first-order valence-electron chi connectivity index (χ1n) is 5.18. The summed E-state index contributed by atoms with van der Waals surface area (Å²) in [6.45, 7) is 12.1. The number of rotatable bonds is 7. The van der Waals surface area contributed by atoms with Gasteiger partial charge in [-0.3, -0.25) is 4.90 Å². The highest BCUT2D eigenvalue weighted by Gasteiger charge is 2.08. The van der Waals surface area contributed by atoms with Crippen molar-refractivity contribution in [2.24, 2.45) is 0 Å². The van der Waals surface area contributed by atoms with E-state index in [0.717, 1.165) is 18.7 Å². The van der Waals surface area contributed by atoms with Gasteiger partial charge in [0.05, 0.1) is 6.61 Å². The molecule has 0 spiro atoms. The predicted octanol–water partition coefficient (Wildman–Crippen LogP) is 0.853. The lowest BCUT2D eigenvalue weighted by atomic mass is 10.2. The van der Waals surface area contributed by atoms with E-state index in [1.165, 1.54) is 0 Å². The van der Waals surface area contributed by atoms with Crippen LogP contribution in [-0.2, 0) is 0 Å². The minimum absolute atomic E-state index is 0.196. The molecule has 0 aromatic heterocycles. The van der Waals surface area contributed by atoms with E-state index in [4.69, 9.17) is 5.11 Å². The van der Waals surface area contributed by atoms with Crippen molar-refractivity contribution in [2.75, 3.05) is 26.7 Å². The minimum atomic E-state index is 0.196. The Labute approximate surface area is 87.8 Å². The normalized spacial score (nSPS) is 13.6. The summed E-state index contributed by atoms with van der Waals surface area (Å²) in [4.78, 5) is 2.10. The lowest BCUT2D eigenvalue weighted by molar-refractivity contribution is 0.167. The van der Waals surface area contributed by atoms with Gasteiger partial charge in [0.15, 0.2) is 0 Å². The number of hydrogen-bond acceptors (Lipinski definition) is 3. The zero-order chi connectivity index (χ0) is 11.1. The molecule has 0 fully saturated rings. The van der Waals surface area contributed by atoms with Crippen LogP contribution in [0.15, 0.2) is 12.2 Å². The molecular formula is C11H24N2O. The first-order chi connectivity index (χ1) is 6.47. The molecule has 0 rings (SSSR count). The summed E-state index contributed by atoms with van der Waals surface area (Å²) in [5, 5.41) is 12.3. The van der Waals surface area contributed by atoms with Gasteiger partial charge < -0.3 is 10.4 Å². The van der Waals surface area contributed by atoms with Gasteiger partial charge in [-0.05, 0) is 19.5 Å². The van der Waals surface area contributed by atoms with Crippen LogP contribution in [0, 0.1) is 0 Å². The molecule has 0 aromatic carbocycles. The highest BCUT2D eigenvalue weighted by atomic mass is 16.3. The molecule has 3 nitrogen and oxygen atoms in total. The fourth-order valence-corrected chi connectivity index (χ4v) is 1.05. The second-order valence-electron chi connectivity index (χ2n) is 4.23. The molecular weight excluding hydrogens is 176 g/mol. The molecule has 0 bridgehead atoms. The number of likely N-dealkylation sites (N-methyl/N-ethyl adjacent to an activating group) is 1. The van der Waals surface area contributed by atoms with Crippen LogP contribution in [0.4, 0.5) is 0 Å². The van der Waals surface area contributed by atoms with Crippen LogP contribution in [0.5, 0.6) is 0 Å². The van der Waals surface area contributed by atoms with Gasteiger partial charge in [0.1, 0.15) is 0 Å². The van der Waals surface area contributed by atoms with Crippen molar-refractivity contribution in [3.05, 3.63) is 12.2 Å². The van der Waals surface area contributed by atoms with Gasteiger partial charge in [0, 0.05) is 25.2 Å². The maximum Gasteiger partial charge on any atom is 0.0584 e. The van der Waals surface area contributed by atoms with E-state index in [9.17, 15) is 0 Å². The van der Waals surface area contributed by atoms with Crippen LogP contribution in [-0.4, -0.2) is 48.8 Å². The van der Waals surface area contributed by atoms with E-state index >= 15 is 0 Å². The molecule has 0 aromatic rings. The fourth-order valence-electron chi connectivity index (χ4n) is 1.05. The summed E-state index contributed by atoms with van der Waals surface area (Å²) in [6.07, 6.45) is 0. The van der Waals surface area contributed by atoms with E-state index in [1.54, 1.807) is 0 Å². The van der Waals surface area contributed by atoms with Crippen LogP contribution < -0.4 is 5.32 Å². The molecule has 3 heteroatoms. The number of nitrogens with one attached hydrogen (secondary N) is 1. The van der Waals surface area contributed by atoms with E-state index in [2.05, 4.69) is 30.6 Å². The first kappa shape index (κ1) is 13.6. The largest absolute Gasteiger partial charge is 0.395 e. The first-order valence-corrected chi connectivity index (χ1v) is 5.18. The molecule has 0 saturated heterocycles. The highest BCUT2D eigenvalue weighted by molar-refractivity contribution is 5.00. The second kappa shape index (κ2) is 6.98. The quantitative estimate of drug-likeness (QED) is 0.598. The fraction of sp³-hybridized carbons (Fsp3) is 0.818. The summed E-state index contributed by atoms with van der Waals surface area (Å²) in [6, 6.07) is 0.693. The molecule has 0 saturated carbocycles. The topological polar surface area (TPSA) is 35.5 Å². The number of hydrogen-bond donors (Lipinski definition) is 2. The molecule has 0 amide bonds. The molecule has 14 heavy (non-hydrogen) atoms. The number of aliphatic hydroxyl groups is 1. The van der Waals surface area contributed by atoms with Gasteiger partial charge in [0.2, 0.25) is 0 Å². The number of aliphatic hydroxyl groups excluding tert-OH is 1. The standard InChI is InChI=1S/C11H24N2O/c1-9(2)12-6-10(3)7-13(5)11(4)8-14/h9,11-12,14H,3,6-8H2,1-2,4-5H3. The van der Waals surface area contributed by atoms with Crippen LogP contribution in [0.2, 0.25) is 0 Å². The van der Waals surface area contributed by atoms with Crippen LogP contribution >= 0.6 is 0 Å². The maximum absolute atomic E-state index is 8.95. The predicted molar refractivity (Wildman–Crippen MR) is 61.5 cm³/mol. The smallest absolute Gasteiger partial charge is 0.0584 e. The molecule has 0 aliphatic rings. The minimum Gasteiger partial charge on any atom is -0.395 e. The van der Waals surface area contributed by atoms with E-state index in [1.807, 2.05) is 14.0 Å². The van der Waals surface area contributed by atoms with E-state index in [-0.39, 0.29) is 12.6 Å². The van der Waals surface area contributed by atoms with Gasteiger partial charge in [-0.2, -0.15) is 0 Å². The van der Waals surface area contributed by atoms with Gasteiger partial charge in [-0.1, -0.05) is 20.4 Å². The van der Waals surface area contributed by atoms with Gasteiger partial charge in [-0.25, -0.2) is 0 Å². The van der Waals surface area contributed by atoms with Crippen molar-refractivity contribution in [1.29, 1.82) is 0 Å². The van der Waals surface area contributed by atoms with Crippen molar-refractivity contribution >= 4 is 0 Å². The monoisotopic (exact) mass is 200 g/mol. The molecule has 84 valence electrons. The summed E-state index contributed by atoms with van der Waals surface area (Å²) < 4.78 is 0. The Kier molecular flexibility index (Phi) is 6.79. The van der Waals surface area contributed by atoms with Crippen molar-refractivity contribution < 1.29 is 5.11 Å². The number of nitrogens with zero attached hydrogens (tertiary/aromatic N) is 1. The lowest BCUT2D eigenvalue weighted by Gasteiger charge is -2.24. The average Bonchev–Trinajstić information content (AvgIpc) is 2.13. The van der Waals surface area contributed by atoms with Crippen LogP contribution in [0.3, 0.4) is 0 Å². The Balaban J connectivity index is 3.71. The molecule has 0 aliphatic carbocycles. The highest BCUT2D eigenvalue weighted by Crippen LogP contribution is 1.99. The SMILES string of the molecule is C=C(CNC(C)C)CN(C)C(C)CO. The summed E-state index contributed by atoms with van der Waals surface area (Å²) >= 11 is 0. The molecule has 2 N–H and O–H groups in total. The zero-order valence-electron chi connectivity index (χ0n) is 9.88. The van der Waals surface area contributed by atoms with E-state index in [0.29, 0.717) is 6.04 Å². The molecule has 0 heterocycles. The maximum atomic E-state index is 8.95. The van der Waals surface area contributed by atoms with Crippen LogP contribution in [0.25, 0.3) is 0 Å². The third-order valence-electron chi connectivity index (χ3n) is 2.25. The third-order valence-corrected chi connectivity index (χ3v) is 2.25. The van der Waals surface area contributed by atoms with Crippen LogP contribution in [0.1, 0.15) is 20.8 Å². The Morgan fingerprint density at radius 3 is 2.43 bits per heavy atom. The Hall–Kier alpha value is -0.380. The molecule has 0 aliphatic heterocycles. The molecule has 1 atom stereocenters. The Morgan fingerprint density at radius 1 is 1.43 bits per heavy atom. The third kappa shape index (κ3) is 6.13. The Bertz CT molecular complexity index is 169. The average molecular weight is 200 g/mol. The molecule has 0 radical (unpaired) electrons. The van der Waals surface area contributed by atoms with Gasteiger partial charge in [-0.15, -0.1) is 0 Å². The van der Waals surface area contributed by atoms with Crippen molar-refractivity contribution in [3.8, 4) is 0 Å². The Morgan fingerprint density at radius 2 is 2.00 bits per heavy atom. The summed E-state index contributed by atoms with van der Waals surface area (Å²) in [5.41, 5.74) is 1.15. The second-order valence-corrected chi connectivity index (χ2v) is 4.23. The van der Waals surface area contributed by atoms with Gasteiger partial charge in [0.25, 0.3) is 0 Å². The lowest BCUT2D eigenvalue weighted by Crippen LogP contribution is -2.36. The van der Waals surface area contributed by atoms with Gasteiger partial charge >= 0.3 is 0 Å². The van der Waals surface area contributed by atoms with Crippen molar-refractivity contribution in [1.82, 2.24) is 10.2 Å². The zero-order valence-corrected chi connectivity index (χ0v) is 9.88. The molecule has 1 unspecified atom stereocenters. The summed E-state index contributed by atoms with van der Waals surface area (Å²) in [7, 11) is 2.00.